The fourth-order valence-corrected chi connectivity index (χ4v) is 2.39. The second kappa shape index (κ2) is 5.28. The molecule has 2 aromatic rings. The second-order valence-electron chi connectivity index (χ2n) is 3.70. The molecule has 2 aromatic heterocycles. The van der Waals surface area contributed by atoms with Gasteiger partial charge in [-0.15, -0.1) is 10.2 Å². The average Bonchev–Trinajstić information content (AvgIpc) is 2.95. The smallest absolute Gasteiger partial charge is 0.213 e. The molecule has 0 aliphatic heterocycles. The molecular formula is C9H14N6OS. The van der Waals surface area contributed by atoms with Crippen molar-refractivity contribution >= 4 is 11.8 Å². The van der Waals surface area contributed by atoms with E-state index in [2.05, 4.69) is 38.7 Å². The van der Waals surface area contributed by atoms with Gasteiger partial charge in [0.1, 0.15) is 5.82 Å². The van der Waals surface area contributed by atoms with Crippen LogP contribution in [-0.2, 0) is 12.3 Å². The summed E-state index contributed by atoms with van der Waals surface area (Å²) in [6.07, 6.45) is 1.31. The Morgan fingerprint density at radius 2 is 2.29 bits per heavy atom. The quantitative estimate of drug-likeness (QED) is 0.795. The summed E-state index contributed by atoms with van der Waals surface area (Å²) in [7, 11) is 0. The monoisotopic (exact) mass is 254 g/mol. The van der Waals surface area contributed by atoms with Crippen molar-refractivity contribution < 1.29 is 4.52 Å². The van der Waals surface area contributed by atoms with E-state index >= 15 is 0 Å². The van der Waals surface area contributed by atoms with E-state index in [1.807, 2.05) is 4.57 Å². The van der Waals surface area contributed by atoms with Crippen molar-refractivity contribution in [2.75, 3.05) is 0 Å². The minimum Gasteiger partial charge on any atom is -0.343 e. The van der Waals surface area contributed by atoms with Gasteiger partial charge in [-0.3, -0.25) is 0 Å². The van der Waals surface area contributed by atoms with E-state index in [0.717, 1.165) is 11.0 Å². The maximum Gasteiger partial charge on any atom is 0.213 e. The number of hydrogen-bond donors (Lipinski definition) is 1. The Hall–Kier alpha value is -1.41. The van der Waals surface area contributed by atoms with Crippen LogP contribution < -0.4 is 5.73 Å². The first-order chi connectivity index (χ1) is 8.22. The maximum atomic E-state index is 5.62. The minimum atomic E-state index is 0.274. The standard InChI is InChI=1S/C9H14N6OS/c1-6(2)15-8(3-10)12-13-9(15)17-4-7-11-5-16-14-7/h5-6H,3-4,10H2,1-2H3. The molecule has 0 aromatic carbocycles. The summed E-state index contributed by atoms with van der Waals surface area (Å²) in [5, 5.41) is 12.7. The molecule has 0 radical (unpaired) electrons. The molecule has 0 saturated heterocycles. The van der Waals surface area contributed by atoms with Crippen LogP contribution in [0.1, 0.15) is 31.5 Å². The lowest BCUT2D eigenvalue weighted by Gasteiger charge is -2.12. The number of nitrogens with zero attached hydrogens (tertiary/aromatic N) is 5. The normalized spacial score (nSPS) is 11.3. The molecule has 0 aliphatic carbocycles. The highest BCUT2D eigenvalue weighted by Crippen LogP contribution is 2.23. The first-order valence-corrected chi connectivity index (χ1v) is 6.22. The van der Waals surface area contributed by atoms with Crippen LogP contribution in [0.25, 0.3) is 0 Å². The molecule has 0 unspecified atom stereocenters. The Balaban J connectivity index is 2.12. The Kier molecular flexibility index (Phi) is 3.75. The number of nitrogens with two attached hydrogens (primary N) is 1. The van der Waals surface area contributed by atoms with Gasteiger partial charge in [0, 0.05) is 6.04 Å². The molecule has 2 heterocycles. The van der Waals surface area contributed by atoms with Crippen LogP contribution in [0.4, 0.5) is 0 Å². The number of hydrogen-bond acceptors (Lipinski definition) is 7. The van der Waals surface area contributed by atoms with Gasteiger partial charge in [0.15, 0.2) is 11.0 Å². The number of rotatable bonds is 5. The van der Waals surface area contributed by atoms with Gasteiger partial charge < -0.3 is 14.8 Å². The van der Waals surface area contributed by atoms with Crippen molar-refractivity contribution in [2.45, 2.75) is 37.3 Å². The van der Waals surface area contributed by atoms with Crippen LogP contribution >= 0.6 is 11.8 Å². The summed E-state index contributed by atoms with van der Waals surface area (Å²) in [5.41, 5.74) is 5.62. The molecule has 8 heteroatoms. The van der Waals surface area contributed by atoms with Gasteiger partial charge in [-0.1, -0.05) is 16.9 Å². The molecule has 17 heavy (non-hydrogen) atoms. The predicted molar refractivity (Wildman–Crippen MR) is 62.2 cm³/mol. The zero-order valence-corrected chi connectivity index (χ0v) is 10.5. The molecule has 2 N–H and O–H groups in total. The molecule has 2 rings (SSSR count). The lowest BCUT2D eigenvalue weighted by molar-refractivity contribution is 0.412. The predicted octanol–water partition coefficient (Wildman–Crippen LogP) is 0.993. The topological polar surface area (TPSA) is 95.7 Å². The summed E-state index contributed by atoms with van der Waals surface area (Å²) in [6, 6.07) is 0.274. The van der Waals surface area contributed by atoms with Gasteiger partial charge in [0.2, 0.25) is 6.39 Å². The van der Waals surface area contributed by atoms with E-state index in [4.69, 9.17) is 5.73 Å². The fraction of sp³-hybridized carbons (Fsp3) is 0.556. The molecule has 0 amide bonds. The van der Waals surface area contributed by atoms with Crippen molar-refractivity contribution in [3.05, 3.63) is 18.0 Å². The third-order valence-electron chi connectivity index (χ3n) is 2.17. The van der Waals surface area contributed by atoms with Crippen molar-refractivity contribution in [3.63, 3.8) is 0 Å². The van der Waals surface area contributed by atoms with E-state index in [1.165, 1.54) is 18.2 Å². The van der Waals surface area contributed by atoms with E-state index in [9.17, 15) is 0 Å². The first kappa shape index (κ1) is 12.1. The third kappa shape index (κ3) is 2.64. The van der Waals surface area contributed by atoms with E-state index in [1.54, 1.807) is 0 Å². The molecule has 0 bridgehead atoms. The van der Waals surface area contributed by atoms with Crippen LogP contribution in [0.5, 0.6) is 0 Å². The molecule has 7 nitrogen and oxygen atoms in total. The van der Waals surface area contributed by atoms with Crippen molar-refractivity contribution in [2.24, 2.45) is 5.73 Å². The number of aromatic nitrogens is 5. The van der Waals surface area contributed by atoms with Gasteiger partial charge in [-0.2, -0.15) is 4.98 Å². The summed E-state index contributed by atoms with van der Waals surface area (Å²) in [6.45, 7) is 4.52. The zero-order chi connectivity index (χ0) is 12.3. The summed E-state index contributed by atoms with van der Waals surface area (Å²) in [4.78, 5) is 3.95. The lowest BCUT2D eigenvalue weighted by Crippen LogP contribution is -2.11. The fourth-order valence-electron chi connectivity index (χ4n) is 1.45. The van der Waals surface area contributed by atoms with Crippen LogP contribution in [0.2, 0.25) is 0 Å². The first-order valence-electron chi connectivity index (χ1n) is 5.24. The van der Waals surface area contributed by atoms with Crippen LogP contribution in [0.15, 0.2) is 16.1 Å². The van der Waals surface area contributed by atoms with Crippen molar-refractivity contribution in [1.29, 1.82) is 0 Å². The van der Waals surface area contributed by atoms with E-state index < -0.39 is 0 Å². The van der Waals surface area contributed by atoms with Crippen molar-refractivity contribution in [3.8, 4) is 0 Å². The van der Waals surface area contributed by atoms with Crippen LogP contribution in [0.3, 0.4) is 0 Å². The summed E-state index contributed by atoms with van der Waals surface area (Å²) in [5.74, 6) is 2.03. The van der Waals surface area contributed by atoms with Gasteiger partial charge >= 0.3 is 0 Å². The lowest BCUT2D eigenvalue weighted by atomic mass is 10.4. The maximum absolute atomic E-state index is 5.62. The van der Waals surface area contributed by atoms with Crippen molar-refractivity contribution in [1.82, 2.24) is 24.9 Å². The molecule has 0 fully saturated rings. The van der Waals surface area contributed by atoms with Gasteiger partial charge in [0.05, 0.1) is 12.3 Å². The Labute approximate surface area is 103 Å². The molecule has 0 atom stereocenters. The minimum absolute atomic E-state index is 0.274. The van der Waals surface area contributed by atoms with Crippen LogP contribution in [-0.4, -0.2) is 24.9 Å². The molecule has 92 valence electrons. The Morgan fingerprint density at radius 1 is 1.47 bits per heavy atom. The highest BCUT2D eigenvalue weighted by Gasteiger charge is 2.14. The highest BCUT2D eigenvalue weighted by molar-refractivity contribution is 7.98. The van der Waals surface area contributed by atoms with Crippen LogP contribution in [0, 0.1) is 0 Å². The Bertz CT molecular complexity index is 466. The zero-order valence-electron chi connectivity index (χ0n) is 9.70. The summed E-state index contributed by atoms with van der Waals surface area (Å²) >= 11 is 1.52. The van der Waals surface area contributed by atoms with E-state index in [-0.39, 0.29) is 6.04 Å². The molecule has 0 saturated carbocycles. The molecular weight excluding hydrogens is 240 g/mol. The van der Waals surface area contributed by atoms with E-state index in [0.29, 0.717) is 18.1 Å². The average molecular weight is 254 g/mol. The van der Waals surface area contributed by atoms with Gasteiger partial charge in [0.25, 0.3) is 0 Å². The summed E-state index contributed by atoms with van der Waals surface area (Å²) < 4.78 is 6.69. The van der Waals surface area contributed by atoms with Gasteiger partial charge in [-0.25, -0.2) is 0 Å². The SMILES string of the molecule is CC(C)n1c(CN)nnc1SCc1ncon1. The second-order valence-corrected chi connectivity index (χ2v) is 4.65. The number of thioether (sulfide) groups is 1. The molecule has 0 aliphatic rings. The molecule has 0 spiro atoms. The highest BCUT2D eigenvalue weighted by atomic mass is 32.2. The Morgan fingerprint density at radius 3 is 2.88 bits per heavy atom. The largest absolute Gasteiger partial charge is 0.343 e. The third-order valence-corrected chi connectivity index (χ3v) is 3.11. The van der Waals surface area contributed by atoms with Gasteiger partial charge in [-0.05, 0) is 13.8 Å².